The molecule has 4 aromatic carbocycles. The van der Waals surface area contributed by atoms with Gasteiger partial charge in [0.05, 0.1) is 0 Å². The van der Waals surface area contributed by atoms with Gasteiger partial charge in [-0.3, -0.25) is 0 Å². The fraction of sp³-hybridized carbons (Fsp3) is 0.152. The lowest BCUT2D eigenvalue weighted by molar-refractivity contribution is 0.624. The van der Waals surface area contributed by atoms with Gasteiger partial charge in [-0.1, -0.05) is 73.1 Å². The molecular formula is C33H27F. The third-order valence-electron chi connectivity index (χ3n) is 5.79. The molecule has 0 saturated heterocycles. The minimum Gasteiger partial charge on any atom is -0.206 e. The third kappa shape index (κ3) is 5.83. The number of allylic oxidation sites excluding steroid dienone is 2. The molecule has 4 rings (SSSR count). The fourth-order valence-electron chi connectivity index (χ4n) is 3.78. The second-order valence-electron chi connectivity index (χ2n) is 8.21. The second kappa shape index (κ2) is 11.2. The number of benzene rings is 4. The normalized spacial score (nSPS) is 10.6. The van der Waals surface area contributed by atoms with E-state index in [0.29, 0.717) is 11.8 Å². The van der Waals surface area contributed by atoms with Gasteiger partial charge in [0.15, 0.2) is 0 Å². The molecule has 0 unspecified atom stereocenters. The zero-order valence-corrected chi connectivity index (χ0v) is 19.7. The van der Waals surface area contributed by atoms with Crippen LogP contribution in [0.5, 0.6) is 0 Å². The summed E-state index contributed by atoms with van der Waals surface area (Å²) < 4.78 is 14.5. The summed E-state index contributed by atoms with van der Waals surface area (Å²) in [6, 6.07) is 25.9. The average molecular weight is 443 g/mol. The summed E-state index contributed by atoms with van der Waals surface area (Å²) in [5.74, 6) is 12.7. The number of fused-ring (bicyclic) bond motifs is 1. The molecule has 0 nitrogen and oxygen atoms in total. The topological polar surface area (TPSA) is 0 Å². The van der Waals surface area contributed by atoms with Gasteiger partial charge in [-0.2, -0.15) is 0 Å². The highest BCUT2D eigenvalue weighted by Gasteiger charge is 2.05. The predicted molar refractivity (Wildman–Crippen MR) is 141 cm³/mol. The number of halogens is 1. The molecule has 0 saturated carbocycles. The molecule has 34 heavy (non-hydrogen) atoms. The van der Waals surface area contributed by atoms with E-state index in [2.05, 4.69) is 60.1 Å². The van der Waals surface area contributed by atoms with Gasteiger partial charge in [-0.15, -0.1) is 0 Å². The molecule has 1 heteroatoms. The van der Waals surface area contributed by atoms with Gasteiger partial charge >= 0.3 is 0 Å². The first-order valence-electron chi connectivity index (χ1n) is 11.7. The molecule has 0 aliphatic rings. The first-order valence-corrected chi connectivity index (χ1v) is 11.7. The van der Waals surface area contributed by atoms with Gasteiger partial charge in [0.2, 0.25) is 0 Å². The Balaban J connectivity index is 1.43. The Bertz CT molecular complexity index is 1430. The number of hydrogen-bond acceptors (Lipinski definition) is 0. The lowest BCUT2D eigenvalue weighted by atomic mass is 10.0. The standard InChI is InChI=1S/C33H27F/c1-3-5-6-7-25-8-10-26(11-9-25)12-13-27-14-16-28(17-15-27)18-19-29-20-23-32-31(24-29)22-21-30(4-2)33(32)34/h3,5,8-11,14-17,20-24H,4,6-7H2,1-2H3/b5-3+. The van der Waals surface area contributed by atoms with Crippen molar-refractivity contribution in [2.24, 2.45) is 0 Å². The van der Waals surface area contributed by atoms with Crippen molar-refractivity contribution < 1.29 is 4.39 Å². The Labute approximate surface area is 202 Å². The van der Waals surface area contributed by atoms with Crippen LogP contribution in [0.4, 0.5) is 4.39 Å². The molecule has 0 N–H and O–H groups in total. The summed E-state index contributed by atoms with van der Waals surface area (Å²) in [5, 5.41) is 1.52. The molecule has 0 atom stereocenters. The van der Waals surface area contributed by atoms with Crippen LogP contribution in [0.15, 0.2) is 91.0 Å². The highest BCUT2D eigenvalue weighted by molar-refractivity contribution is 5.85. The first kappa shape index (κ1) is 23.1. The molecule has 0 aliphatic carbocycles. The van der Waals surface area contributed by atoms with Crippen molar-refractivity contribution in [3.63, 3.8) is 0 Å². The minimum absolute atomic E-state index is 0.128. The van der Waals surface area contributed by atoms with Gasteiger partial charge < -0.3 is 0 Å². The largest absolute Gasteiger partial charge is 0.206 e. The van der Waals surface area contributed by atoms with Crippen molar-refractivity contribution >= 4 is 10.8 Å². The minimum atomic E-state index is -0.128. The molecule has 166 valence electrons. The second-order valence-corrected chi connectivity index (χ2v) is 8.21. The van der Waals surface area contributed by atoms with Crippen LogP contribution in [0.2, 0.25) is 0 Å². The molecule has 4 aromatic rings. The zero-order chi connectivity index (χ0) is 23.8. The summed E-state index contributed by atoms with van der Waals surface area (Å²) in [6.45, 7) is 4.01. The van der Waals surface area contributed by atoms with Crippen LogP contribution in [0, 0.1) is 29.5 Å². The molecule has 0 aromatic heterocycles. The smallest absolute Gasteiger partial charge is 0.134 e. The van der Waals surface area contributed by atoms with Crippen LogP contribution in [0.1, 0.15) is 53.6 Å². The van der Waals surface area contributed by atoms with E-state index in [1.165, 1.54) is 5.56 Å². The van der Waals surface area contributed by atoms with Gasteiger partial charge in [-0.05, 0) is 91.2 Å². The first-order chi connectivity index (χ1) is 16.7. The Kier molecular flexibility index (Phi) is 7.60. The van der Waals surface area contributed by atoms with Gasteiger partial charge in [0, 0.05) is 27.6 Å². The molecule has 0 amide bonds. The maximum Gasteiger partial charge on any atom is 0.134 e. The summed E-state index contributed by atoms with van der Waals surface area (Å²) in [6.07, 6.45) is 7.08. The van der Waals surface area contributed by atoms with E-state index in [9.17, 15) is 4.39 Å². The third-order valence-corrected chi connectivity index (χ3v) is 5.79. The molecule has 0 radical (unpaired) electrons. The van der Waals surface area contributed by atoms with E-state index in [4.69, 9.17) is 0 Å². The van der Waals surface area contributed by atoms with E-state index in [0.717, 1.165) is 46.0 Å². The van der Waals surface area contributed by atoms with Crippen molar-refractivity contribution in [3.05, 3.63) is 130 Å². The van der Waals surface area contributed by atoms with Crippen LogP contribution >= 0.6 is 0 Å². The summed E-state index contributed by atoms with van der Waals surface area (Å²) in [4.78, 5) is 0. The van der Waals surface area contributed by atoms with Crippen LogP contribution < -0.4 is 0 Å². The summed E-state index contributed by atoms with van der Waals surface area (Å²) >= 11 is 0. The Hall–Kier alpha value is -4.07. The van der Waals surface area contributed by atoms with Crippen LogP contribution in [-0.2, 0) is 12.8 Å². The Morgan fingerprint density at radius 2 is 1.26 bits per heavy atom. The SMILES string of the molecule is C/C=C/CCc1ccc(C#Cc2ccc(C#Cc3ccc4c(F)c(CC)ccc4c3)cc2)cc1. The summed E-state index contributed by atoms with van der Waals surface area (Å²) in [5.41, 5.74) is 5.83. The summed E-state index contributed by atoms with van der Waals surface area (Å²) in [7, 11) is 0. The molecule has 0 heterocycles. The lowest BCUT2D eigenvalue weighted by Crippen LogP contribution is -1.89. The number of rotatable bonds is 4. The molecule has 0 fully saturated rings. The molecule has 0 aliphatic heterocycles. The van der Waals surface area contributed by atoms with Crippen molar-refractivity contribution in [2.45, 2.75) is 33.1 Å². The molecule has 0 spiro atoms. The van der Waals surface area contributed by atoms with Gasteiger partial charge in [0.25, 0.3) is 0 Å². The number of aryl methyl sites for hydroxylation is 2. The fourth-order valence-corrected chi connectivity index (χ4v) is 3.78. The Morgan fingerprint density at radius 3 is 1.85 bits per heavy atom. The van der Waals surface area contributed by atoms with Crippen molar-refractivity contribution in [1.29, 1.82) is 0 Å². The zero-order valence-electron chi connectivity index (χ0n) is 19.7. The van der Waals surface area contributed by atoms with E-state index in [1.807, 2.05) is 68.4 Å². The van der Waals surface area contributed by atoms with Crippen LogP contribution in [0.25, 0.3) is 10.8 Å². The van der Waals surface area contributed by atoms with Crippen LogP contribution in [0.3, 0.4) is 0 Å². The van der Waals surface area contributed by atoms with E-state index < -0.39 is 0 Å². The van der Waals surface area contributed by atoms with Crippen LogP contribution in [-0.4, -0.2) is 0 Å². The van der Waals surface area contributed by atoms with Crippen molar-refractivity contribution in [2.75, 3.05) is 0 Å². The maximum absolute atomic E-state index is 14.5. The average Bonchev–Trinajstić information content (AvgIpc) is 2.88. The quantitative estimate of drug-likeness (QED) is 0.223. The Morgan fingerprint density at radius 1 is 0.706 bits per heavy atom. The van der Waals surface area contributed by atoms with E-state index in [-0.39, 0.29) is 5.82 Å². The van der Waals surface area contributed by atoms with Crippen molar-refractivity contribution in [3.8, 4) is 23.7 Å². The molecular weight excluding hydrogens is 415 g/mol. The van der Waals surface area contributed by atoms with Gasteiger partial charge in [-0.25, -0.2) is 4.39 Å². The van der Waals surface area contributed by atoms with Gasteiger partial charge in [0.1, 0.15) is 5.82 Å². The molecule has 0 bridgehead atoms. The highest BCUT2D eigenvalue weighted by atomic mass is 19.1. The number of hydrogen-bond donors (Lipinski definition) is 0. The van der Waals surface area contributed by atoms with E-state index in [1.54, 1.807) is 0 Å². The maximum atomic E-state index is 14.5. The lowest BCUT2D eigenvalue weighted by Gasteiger charge is -2.04. The predicted octanol–water partition coefficient (Wildman–Crippen LogP) is 7.85. The highest BCUT2D eigenvalue weighted by Crippen LogP contribution is 2.22. The van der Waals surface area contributed by atoms with Crippen molar-refractivity contribution in [1.82, 2.24) is 0 Å². The van der Waals surface area contributed by atoms with E-state index >= 15 is 0 Å². The monoisotopic (exact) mass is 442 g/mol.